The summed E-state index contributed by atoms with van der Waals surface area (Å²) in [6.07, 6.45) is 5.47. The van der Waals surface area contributed by atoms with Crippen LogP contribution in [0.1, 0.15) is 51.5 Å². The van der Waals surface area contributed by atoms with E-state index in [0.717, 1.165) is 44.3 Å². The van der Waals surface area contributed by atoms with Crippen molar-refractivity contribution < 1.29 is 9.59 Å². The highest BCUT2D eigenvalue weighted by molar-refractivity contribution is 5.88. The summed E-state index contributed by atoms with van der Waals surface area (Å²) in [5.41, 5.74) is 1.08. The summed E-state index contributed by atoms with van der Waals surface area (Å²) < 4.78 is 0. The van der Waals surface area contributed by atoms with Gasteiger partial charge in [-0.25, -0.2) is 0 Å². The summed E-state index contributed by atoms with van der Waals surface area (Å²) in [6.45, 7) is 5.66. The zero-order valence-electron chi connectivity index (χ0n) is 15.0. The number of hydrogen-bond acceptors (Lipinski definition) is 2. The Labute approximate surface area is 145 Å². The standard InChI is InChI=1S/C20H30N2O2/c1-3-17(4-2)19(23)21-18(15-16-11-7-5-8-12-16)20(24)22-13-9-6-10-14-22/h5,7-8,11-12,17-18H,3-4,6,9-10,13-15H2,1-2H3,(H,21,23)/t18-/m0/s1. The number of amides is 2. The molecule has 1 aromatic rings. The Morgan fingerprint density at radius 3 is 2.25 bits per heavy atom. The van der Waals surface area contributed by atoms with Gasteiger partial charge in [0, 0.05) is 25.4 Å². The molecule has 1 saturated heterocycles. The monoisotopic (exact) mass is 330 g/mol. The smallest absolute Gasteiger partial charge is 0.245 e. The van der Waals surface area contributed by atoms with Crippen LogP contribution in [0.3, 0.4) is 0 Å². The lowest BCUT2D eigenvalue weighted by atomic mass is 9.99. The minimum absolute atomic E-state index is 0.00582. The van der Waals surface area contributed by atoms with E-state index < -0.39 is 6.04 Å². The Morgan fingerprint density at radius 1 is 1.04 bits per heavy atom. The van der Waals surface area contributed by atoms with Crippen LogP contribution in [0, 0.1) is 5.92 Å². The van der Waals surface area contributed by atoms with Gasteiger partial charge in [-0.1, -0.05) is 44.2 Å². The van der Waals surface area contributed by atoms with Crippen molar-refractivity contribution in [2.24, 2.45) is 5.92 Å². The van der Waals surface area contributed by atoms with Crippen LogP contribution in [-0.4, -0.2) is 35.8 Å². The Morgan fingerprint density at radius 2 is 1.67 bits per heavy atom. The second kappa shape index (κ2) is 9.45. The summed E-state index contributed by atoms with van der Waals surface area (Å²) >= 11 is 0. The van der Waals surface area contributed by atoms with Gasteiger partial charge in [0.2, 0.25) is 11.8 Å². The number of rotatable bonds is 7. The highest BCUT2D eigenvalue weighted by Gasteiger charge is 2.28. The van der Waals surface area contributed by atoms with Crippen LogP contribution in [-0.2, 0) is 16.0 Å². The molecule has 0 spiro atoms. The Bertz CT molecular complexity index is 520. The van der Waals surface area contributed by atoms with Crippen LogP contribution in [0.15, 0.2) is 30.3 Å². The lowest BCUT2D eigenvalue weighted by Gasteiger charge is -2.31. The number of nitrogens with zero attached hydrogens (tertiary/aromatic N) is 1. The first-order valence-electron chi connectivity index (χ1n) is 9.28. The molecule has 0 saturated carbocycles. The van der Waals surface area contributed by atoms with Gasteiger partial charge in [-0.05, 0) is 37.7 Å². The van der Waals surface area contributed by atoms with Gasteiger partial charge in [0.05, 0.1) is 0 Å². The van der Waals surface area contributed by atoms with Crippen LogP contribution in [0.5, 0.6) is 0 Å². The molecule has 0 unspecified atom stereocenters. The third-order valence-electron chi connectivity index (χ3n) is 4.92. The molecule has 0 bridgehead atoms. The molecule has 24 heavy (non-hydrogen) atoms. The fourth-order valence-electron chi connectivity index (χ4n) is 3.33. The molecule has 2 amide bonds. The predicted molar refractivity (Wildman–Crippen MR) is 96.6 cm³/mol. The lowest BCUT2D eigenvalue weighted by molar-refractivity contribution is -0.138. The fraction of sp³-hybridized carbons (Fsp3) is 0.600. The second-order valence-corrected chi connectivity index (χ2v) is 6.65. The molecule has 4 nitrogen and oxygen atoms in total. The van der Waals surface area contributed by atoms with Crippen LogP contribution >= 0.6 is 0 Å². The minimum atomic E-state index is -0.460. The lowest BCUT2D eigenvalue weighted by Crippen LogP contribution is -2.52. The van der Waals surface area contributed by atoms with Gasteiger partial charge in [0.25, 0.3) is 0 Å². The Balaban J connectivity index is 2.10. The van der Waals surface area contributed by atoms with E-state index in [1.54, 1.807) is 0 Å². The minimum Gasteiger partial charge on any atom is -0.344 e. The average Bonchev–Trinajstić information content (AvgIpc) is 2.63. The number of piperidine rings is 1. The van der Waals surface area contributed by atoms with Crippen LogP contribution in [0.25, 0.3) is 0 Å². The van der Waals surface area contributed by atoms with Gasteiger partial charge >= 0.3 is 0 Å². The first-order valence-corrected chi connectivity index (χ1v) is 9.28. The molecule has 1 atom stereocenters. The third-order valence-corrected chi connectivity index (χ3v) is 4.92. The quantitative estimate of drug-likeness (QED) is 0.835. The number of carbonyl (C=O) groups is 2. The van der Waals surface area contributed by atoms with E-state index >= 15 is 0 Å². The zero-order chi connectivity index (χ0) is 17.4. The molecule has 0 aromatic heterocycles. The van der Waals surface area contributed by atoms with E-state index in [-0.39, 0.29) is 17.7 Å². The molecule has 1 aliphatic rings. The molecule has 1 heterocycles. The van der Waals surface area contributed by atoms with E-state index in [1.165, 1.54) is 6.42 Å². The Hall–Kier alpha value is -1.84. The van der Waals surface area contributed by atoms with Crippen molar-refractivity contribution >= 4 is 11.8 Å². The summed E-state index contributed by atoms with van der Waals surface area (Å²) in [5, 5.41) is 3.03. The molecule has 0 radical (unpaired) electrons. The van der Waals surface area contributed by atoms with Crippen LogP contribution < -0.4 is 5.32 Å². The average molecular weight is 330 g/mol. The van der Waals surface area contributed by atoms with E-state index in [2.05, 4.69) is 5.32 Å². The van der Waals surface area contributed by atoms with Crippen molar-refractivity contribution in [3.63, 3.8) is 0 Å². The van der Waals surface area contributed by atoms with E-state index in [4.69, 9.17) is 0 Å². The largest absolute Gasteiger partial charge is 0.344 e. The normalized spacial score (nSPS) is 16.0. The third kappa shape index (κ3) is 5.08. The van der Waals surface area contributed by atoms with Gasteiger partial charge in [0.15, 0.2) is 0 Å². The van der Waals surface area contributed by atoms with Gasteiger partial charge in [0.1, 0.15) is 6.04 Å². The van der Waals surface area contributed by atoms with Crippen molar-refractivity contribution in [3.8, 4) is 0 Å². The van der Waals surface area contributed by atoms with Crippen molar-refractivity contribution in [2.45, 2.75) is 58.4 Å². The fourth-order valence-corrected chi connectivity index (χ4v) is 3.33. The molecule has 0 aliphatic carbocycles. The second-order valence-electron chi connectivity index (χ2n) is 6.65. The molecular weight excluding hydrogens is 300 g/mol. The summed E-state index contributed by atoms with van der Waals surface area (Å²) in [4.78, 5) is 27.4. The van der Waals surface area contributed by atoms with Crippen molar-refractivity contribution in [3.05, 3.63) is 35.9 Å². The SMILES string of the molecule is CCC(CC)C(=O)N[C@@H](Cc1ccccc1)C(=O)N1CCCCC1. The first kappa shape index (κ1) is 18.5. The van der Waals surface area contributed by atoms with Gasteiger partial charge < -0.3 is 10.2 Å². The van der Waals surface area contributed by atoms with Crippen molar-refractivity contribution in [1.29, 1.82) is 0 Å². The molecule has 2 rings (SSSR count). The van der Waals surface area contributed by atoms with E-state index in [9.17, 15) is 9.59 Å². The van der Waals surface area contributed by atoms with Crippen LogP contribution in [0.4, 0.5) is 0 Å². The van der Waals surface area contributed by atoms with Crippen molar-refractivity contribution in [2.75, 3.05) is 13.1 Å². The number of nitrogens with one attached hydrogen (secondary N) is 1. The number of carbonyl (C=O) groups excluding carboxylic acids is 2. The maximum absolute atomic E-state index is 12.9. The van der Waals surface area contributed by atoms with E-state index in [0.29, 0.717) is 6.42 Å². The predicted octanol–water partition coefficient (Wildman–Crippen LogP) is 3.16. The first-order chi connectivity index (χ1) is 11.7. The molecule has 1 N–H and O–H groups in total. The summed E-state index contributed by atoms with van der Waals surface area (Å²) in [6, 6.07) is 9.48. The molecule has 4 heteroatoms. The summed E-state index contributed by atoms with van der Waals surface area (Å²) in [5.74, 6) is 0.0570. The highest BCUT2D eigenvalue weighted by atomic mass is 16.2. The number of hydrogen-bond donors (Lipinski definition) is 1. The molecule has 132 valence electrons. The summed E-state index contributed by atoms with van der Waals surface area (Å²) in [7, 11) is 0. The molecule has 1 aromatic carbocycles. The maximum atomic E-state index is 12.9. The van der Waals surface area contributed by atoms with Gasteiger partial charge in [-0.15, -0.1) is 0 Å². The van der Waals surface area contributed by atoms with Gasteiger partial charge in [-0.2, -0.15) is 0 Å². The zero-order valence-corrected chi connectivity index (χ0v) is 15.0. The van der Waals surface area contributed by atoms with E-state index in [1.807, 2.05) is 49.1 Å². The van der Waals surface area contributed by atoms with Crippen molar-refractivity contribution in [1.82, 2.24) is 10.2 Å². The maximum Gasteiger partial charge on any atom is 0.245 e. The highest BCUT2D eigenvalue weighted by Crippen LogP contribution is 2.14. The number of likely N-dealkylation sites (tertiary alicyclic amines) is 1. The van der Waals surface area contributed by atoms with Crippen LogP contribution in [0.2, 0.25) is 0 Å². The molecular formula is C20H30N2O2. The molecule has 1 fully saturated rings. The topological polar surface area (TPSA) is 49.4 Å². The Kier molecular flexibility index (Phi) is 7.29. The molecule has 1 aliphatic heterocycles. The number of benzene rings is 1. The van der Waals surface area contributed by atoms with Gasteiger partial charge in [-0.3, -0.25) is 9.59 Å².